The number of hydrogen-bond donors (Lipinski definition) is 1. The van der Waals surface area contributed by atoms with E-state index in [0.717, 1.165) is 18.5 Å². The fraction of sp³-hybridized carbons (Fsp3) is 0.625. The van der Waals surface area contributed by atoms with E-state index in [1.165, 1.54) is 9.87 Å². The van der Waals surface area contributed by atoms with Crippen LogP contribution >= 0.6 is 0 Å². The van der Waals surface area contributed by atoms with Gasteiger partial charge in [-0.3, -0.25) is 0 Å². The zero-order valence-corrected chi connectivity index (χ0v) is 14.6. The molecule has 0 radical (unpaired) electrons. The van der Waals surface area contributed by atoms with Gasteiger partial charge in [0, 0.05) is 19.1 Å². The average molecular weight is 312 g/mol. The van der Waals surface area contributed by atoms with E-state index >= 15 is 0 Å². The first-order valence-electron chi connectivity index (χ1n) is 7.72. The molecule has 0 heterocycles. The third-order valence-electron chi connectivity index (χ3n) is 3.62. The molecule has 0 amide bonds. The number of nitrogens with zero attached hydrogens (tertiary/aromatic N) is 1. The van der Waals surface area contributed by atoms with Gasteiger partial charge in [0.25, 0.3) is 0 Å². The summed E-state index contributed by atoms with van der Waals surface area (Å²) >= 11 is 0. The van der Waals surface area contributed by atoms with Crippen molar-refractivity contribution in [2.24, 2.45) is 0 Å². The fourth-order valence-corrected chi connectivity index (χ4v) is 4.18. The van der Waals surface area contributed by atoms with Crippen LogP contribution in [-0.2, 0) is 23.0 Å². The van der Waals surface area contributed by atoms with Crippen LogP contribution in [0.2, 0.25) is 0 Å². The van der Waals surface area contributed by atoms with Gasteiger partial charge in [0.1, 0.15) is 0 Å². The Morgan fingerprint density at radius 2 is 1.81 bits per heavy atom. The fourth-order valence-electron chi connectivity index (χ4n) is 2.48. The first-order chi connectivity index (χ1) is 9.88. The lowest BCUT2D eigenvalue weighted by molar-refractivity contribution is 0.369. The summed E-state index contributed by atoms with van der Waals surface area (Å²) in [6, 6.07) is 5.45. The van der Waals surface area contributed by atoms with E-state index in [0.29, 0.717) is 18.0 Å². The number of rotatable bonds is 8. The van der Waals surface area contributed by atoms with Gasteiger partial charge in [0.15, 0.2) is 0 Å². The van der Waals surface area contributed by atoms with Crippen LogP contribution < -0.4 is 5.32 Å². The first-order valence-corrected chi connectivity index (χ1v) is 9.16. The maximum absolute atomic E-state index is 12.7. The highest BCUT2D eigenvalue weighted by atomic mass is 32.2. The van der Waals surface area contributed by atoms with E-state index in [1.807, 2.05) is 39.8 Å². The van der Waals surface area contributed by atoms with E-state index in [1.54, 1.807) is 6.07 Å². The Labute approximate surface area is 129 Å². The molecular weight excluding hydrogens is 284 g/mol. The number of sulfonamides is 1. The van der Waals surface area contributed by atoms with E-state index in [4.69, 9.17) is 0 Å². The summed E-state index contributed by atoms with van der Waals surface area (Å²) in [5.41, 5.74) is 2.27. The Bertz CT molecular complexity index is 553. The topological polar surface area (TPSA) is 49.4 Å². The molecule has 21 heavy (non-hydrogen) atoms. The molecule has 0 saturated carbocycles. The second kappa shape index (κ2) is 7.92. The third-order valence-corrected chi connectivity index (χ3v) is 5.77. The molecule has 0 aliphatic rings. The largest absolute Gasteiger partial charge is 0.313 e. The van der Waals surface area contributed by atoms with Crippen molar-refractivity contribution < 1.29 is 8.42 Å². The second-order valence-electron chi connectivity index (χ2n) is 5.37. The normalized spacial score (nSPS) is 12.3. The van der Waals surface area contributed by atoms with Gasteiger partial charge in [-0.1, -0.05) is 26.8 Å². The first kappa shape index (κ1) is 18.1. The number of nitrogens with one attached hydrogen (secondary N) is 1. The molecule has 0 unspecified atom stereocenters. The molecule has 0 atom stereocenters. The minimum atomic E-state index is -3.42. The number of aryl methyl sites for hydroxylation is 1. The molecule has 1 aromatic rings. The molecule has 0 bridgehead atoms. The zero-order chi connectivity index (χ0) is 16.0. The smallest absolute Gasteiger partial charge is 0.243 e. The van der Waals surface area contributed by atoms with Gasteiger partial charge < -0.3 is 5.32 Å². The monoisotopic (exact) mass is 312 g/mol. The van der Waals surface area contributed by atoms with Gasteiger partial charge in [0.2, 0.25) is 10.0 Å². The molecule has 0 aliphatic carbocycles. The maximum Gasteiger partial charge on any atom is 0.243 e. The third kappa shape index (κ3) is 4.28. The molecule has 4 nitrogen and oxygen atoms in total. The summed E-state index contributed by atoms with van der Waals surface area (Å²) in [6.45, 7) is 11.9. The lowest BCUT2D eigenvalue weighted by Gasteiger charge is -2.25. The van der Waals surface area contributed by atoms with Crippen molar-refractivity contribution in [3.63, 3.8) is 0 Å². The van der Waals surface area contributed by atoms with Crippen LogP contribution in [0.1, 0.15) is 45.7 Å². The van der Waals surface area contributed by atoms with Crippen LogP contribution in [0.15, 0.2) is 23.1 Å². The van der Waals surface area contributed by atoms with Crippen LogP contribution in [0.5, 0.6) is 0 Å². The van der Waals surface area contributed by atoms with Gasteiger partial charge >= 0.3 is 0 Å². The molecule has 0 aliphatic heterocycles. The zero-order valence-electron chi connectivity index (χ0n) is 13.8. The standard InChI is InChI=1S/C16H28N2O2S/c1-6-14-9-10-16(11-15(14)12-17-7-2)21(19,20)18(8-3)13(4)5/h9-11,13,17H,6-8,12H2,1-5H3. The van der Waals surface area contributed by atoms with Crippen molar-refractivity contribution in [2.75, 3.05) is 13.1 Å². The van der Waals surface area contributed by atoms with Crippen molar-refractivity contribution in [3.8, 4) is 0 Å². The minimum absolute atomic E-state index is 0.0388. The summed E-state index contributed by atoms with van der Waals surface area (Å²) in [5.74, 6) is 0. The molecule has 0 spiro atoms. The van der Waals surface area contributed by atoms with E-state index in [-0.39, 0.29) is 6.04 Å². The summed E-state index contributed by atoms with van der Waals surface area (Å²) < 4.78 is 27.0. The Balaban J connectivity index is 3.24. The van der Waals surface area contributed by atoms with E-state index in [9.17, 15) is 8.42 Å². The second-order valence-corrected chi connectivity index (χ2v) is 7.26. The molecule has 1 N–H and O–H groups in total. The van der Waals surface area contributed by atoms with Gasteiger partial charge in [-0.2, -0.15) is 4.31 Å². The Hall–Kier alpha value is -0.910. The van der Waals surface area contributed by atoms with Crippen molar-refractivity contribution in [2.45, 2.75) is 58.5 Å². The Morgan fingerprint density at radius 1 is 1.14 bits per heavy atom. The number of hydrogen-bond acceptors (Lipinski definition) is 3. The molecule has 0 aromatic heterocycles. The number of benzene rings is 1. The van der Waals surface area contributed by atoms with Gasteiger partial charge in [0.05, 0.1) is 4.90 Å². The van der Waals surface area contributed by atoms with Crippen molar-refractivity contribution in [1.29, 1.82) is 0 Å². The van der Waals surface area contributed by atoms with E-state index < -0.39 is 10.0 Å². The van der Waals surface area contributed by atoms with Crippen LogP contribution in [-0.4, -0.2) is 31.9 Å². The van der Waals surface area contributed by atoms with Gasteiger partial charge in [-0.15, -0.1) is 0 Å². The highest BCUT2D eigenvalue weighted by Gasteiger charge is 2.25. The average Bonchev–Trinajstić information content (AvgIpc) is 2.44. The molecule has 1 aromatic carbocycles. The summed E-state index contributed by atoms with van der Waals surface area (Å²) in [5, 5.41) is 3.28. The van der Waals surface area contributed by atoms with Crippen molar-refractivity contribution >= 4 is 10.0 Å². The SMILES string of the molecule is CCNCc1cc(S(=O)(=O)N(CC)C(C)C)ccc1CC. The lowest BCUT2D eigenvalue weighted by Crippen LogP contribution is -2.36. The van der Waals surface area contributed by atoms with Crippen LogP contribution in [0.4, 0.5) is 0 Å². The van der Waals surface area contributed by atoms with E-state index in [2.05, 4.69) is 12.2 Å². The van der Waals surface area contributed by atoms with Crippen LogP contribution in [0.25, 0.3) is 0 Å². The lowest BCUT2D eigenvalue weighted by atomic mass is 10.1. The molecule has 1 rings (SSSR count). The molecular formula is C16H28N2O2S. The summed E-state index contributed by atoms with van der Waals surface area (Å²) in [6.07, 6.45) is 0.905. The van der Waals surface area contributed by atoms with Crippen molar-refractivity contribution in [1.82, 2.24) is 9.62 Å². The van der Waals surface area contributed by atoms with Crippen molar-refractivity contribution in [3.05, 3.63) is 29.3 Å². The van der Waals surface area contributed by atoms with Crippen LogP contribution in [0.3, 0.4) is 0 Å². The van der Waals surface area contributed by atoms with Gasteiger partial charge in [-0.05, 0) is 50.1 Å². The molecule has 0 fully saturated rings. The highest BCUT2D eigenvalue weighted by Crippen LogP contribution is 2.22. The van der Waals surface area contributed by atoms with Crippen LogP contribution in [0, 0.1) is 0 Å². The van der Waals surface area contributed by atoms with Gasteiger partial charge in [-0.25, -0.2) is 8.42 Å². The summed E-state index contributed by atoms with van der Waals surface area (Å²) in [4.78, 5) is 0.392. The Kier molecular flexibility index (Phi) is 6.84. The quantitative estimate of drug-likeness (QED) is 0.803. The summed E-state index contributed by atoms with van der Waals surface area (Å²) in [7, 11) is -3.42. The predicted octanol–water partition coefficient (Wildman–Crippen LogP) is 2.78. The molecule has 0 saturated heterocycles. The Morgan fingerprint density at radius 3 is 2.29 bits per heavy atom. The maximum atomic E-state index is 12.7. The minimum Gasteiger partial charge on any atom is -0.313 e. The predicted molar refractivity (Wildman–Crippen MR) is 87.9 cm³/mol. The molecule has 120 valence electrons. The highest BCUT2D eigenvalue weighted by molar-refractivity contribution is 7.89. The molecule has 5 heteroatoms.